The quantitative estimate of drug-likeness (QED) is 0.494. The van der Waals surface area contributed by atoms with Crippen molar-refractivity contribution in [1.82, 2.24) is 0 Å². The second kappa shape index (κ2) is 2.95. The van der Waals surface area contributed by atoms with Gasteiger partial charge in [0.1, 0.15) is 8.07 Å². The third-order valence-electron chi connectivity index (χ3n) is 1.74. The number of aliphatic carboxylic acids is 1. The highest BCUT2D eigenvalue weighted by molar-refractivity contribution is 6.83. The molecule has 66 valence electrons. The molecule has 1 aliphatic rings. The first-order valence-corrected chi connectivity index (χ1v) is 7.65. The number of carboxylic acid groups (broad SMARTS) is 1. The molecule has 1 rings (SSSR count). The minimum Gasteiger partial charge on any atom is -0.481 e. The van der Waals surface area contributed by atoms with Crippen LogP contribution < -0.4 is 0 Å². The Hall–Kier alpha value is -0.753. The molecule has 0 bridgehead atoms. The zero-order chi connectivity index (χ0) is 9.35. The van der Waals surface area contributed by atoms with Crippen LogP contribution in [0.2, 0.25) is 19.6 Å². The van der Waals surface area contributed by atoms with Crippen LogP contribution in [0.5, 0.6) is 0 Å². The molecule has 3 heteroatoms. The van der Waals surface area contributed by atoms with Gasteiger partial charge >= 0.3 is 5.97 Å². The molecule has 0 spiro atoms. The Labute approximate surface area is 74.0 Å². The number of hydrogen-bond acceptors (Lipinski definition) is 1. The van der Waals surface area contributed by atoms with E-state index in [1.807, 2.05) is 0 Å². The van der Waals surface area contributed by atoms with Crippen molar-refractivity contribution in [2.75, 3.05) is 0 Å². The van der Waals surface area contributed by atoms with E-state index in [1.54, 1.807) is 0 Å². The van der Waals surface area contributed by atoms with Gasteiger partial charge in [0.15, 0.2) is 0 Å². The summed E-state index contributed by atoms with van der Waals surface area (Å²) in [6.07, 6.45) is 0.757. The average Bonchev–Trinajstić information content (AvgIpc) is 2.59. The molecule has 1 N–H and O–H groups in total. The number of hydrogen-bond donors (Lipinski definition) is 1. The molecule has 0 unspecified atom stereocenters. The van der Waals surface area contributed by atoms with E-state index in [1.165, 1.54) is 0 Å². The highest BCUT2D eigenvalue weighted by Crippen LogP contribution is 2.37. The Balaban J connectivity index is 2.45. The van der Waals surface area contributed by atoms with Crippen LogP contribution in [-0.2, 0) is 4.79 Å². The average molecular weight is 182 g/mol. The zero-order valence-corrected chi connectivity index (χ0v) is 8.72. The Morgan fingerprint density at radius 1 is 1.50 bits per heavy atom. The fourth-order valence-corrected chi connectivity index (χ4v) is 1.56. The molecule has 12 heavy (non-hydrogen) atoms. The van der Waals surface area contributed by atoms with Crippen molar-refractivity contribution in [3.8, 4) is 11.5 Å². The minimum absolute atomic E-state index is 0.147. The minimum atomic E-state index is -1.30. The van der Waals surface area contributed by atoms with E-state index in [4.69, 9.17) is 5.11 Å². The molecule has 0 radical (unpaired) electrons. The van der Waals surface area contributed by atoms with E-state index in [2.05, 4.69) is 31.1 Å². The maximum Gasteiger partial charge on any atom is 0.307 e. The van der Waals surface area contributed by atoms with Gasteiger partial charge in [0.25, 0.3) is 0 Å². The standard InChI is InChI=1S/C9H14O2Si/c1-12(2,3)5-4-7-6-8(7)9(10)11/h7-8H,6H2,1-3H3,(H,10,11)/t7-,8+/m0/s1. The number of carbonyl (C=O) groups is 1. The number of rotatable bonds is 1. The van der Waals surface area contributed by atoms with Crippen LogP contribution in [0.1, 0.15) is 6.42 Å². The highest BCUT2D eigenvalue weighted by atomic mass is 28.3. The van der Waals surface area contributed by atoms with Crippen molar-refractivity contribution in [2.24, 2.45) is 11.8 Å². The lowest BCUT2D eigenvalue weighted by molar-refractivity contribution is -0.138. The van der Waals surface area contributed by atoms with E-state index in [0.717, 1.165) is 6.42 Å². The van der Waals surface area contributed by atoms with Gasteiger partial charge < -0.3 is 5.11 Å². The predicted octanol–water partition coefficient (Wildman–Crippen LogP) is 1.59. The first-order chi connectivity index (χ1) is 5.40. The molecule has 0 aromatic rings. The summed E-state index contributed by atoms with van der Waals surface area (Å²) in [6, 6.07) is 0. The fourth-order valence-electron chi connectivity index (χ4n) is 0.937. The molecule has 2 atom stereocenters. The smallest absolute Gasteiger partial charge is 0.307 e. The molecule has 0 saturated heterocycles. The van der Waals surface area contributed by atoms with Crippen LogP contribution in [0.3, 0.4) is 0 Å². The van der Waals surface area contributed by atoms with Gasteiger partial charge in [-0.25, -0.2) is 0 Å². The molecular formula is C9H14O2Si. The number of carboxylic acids is 1. The molecule has 1 fully saturated rings. The molecular weight excluding hydrogens is 168 g/mol. The van der Waals surface area contributed by atoms with Crippen molar-refractivity contribution < 1.29 is 9.90 Å². The third kappa shape index (κ3) is 2.71. The van der Waals surface area contributed by atoms with Gasteiger partial charge in [-0.1, -0.05) is 19.6 Å². The lowest BCUT2D eigenvalue weighted by Crippen LogP contribution is -2.16. The monoisotopic (exact) mass is 182 g/mol. The van der Waals surface area contributed by atoms with E-state index in [0.29, 0.717) is 0 Å². The summed E-state index contributed by atoms with van der Waals surface area (Å²) in [7, 11) is -1.30. The molecule has 0 aromatic heterocycles. The highest BCUT2D eigenvalue weighted by Gasteiger charge is 2.42. The third-order valence-corrected chi connectivity index (χ3v) is 2.63. The van der Waals surface area contributed by atoms with Crippen molar-refractivity contribution >= 4 is 14.0 Å². The van der Waals surface area contributed by atoms with E-state index in [9.17, 15) is 4.79 Å². The van der Waals surface area contributed by atoms with Gasteiger partial charge in [0.05, 0.1) is 5.92 Å². The molecule has 0 heterocycles. The SMILES string of the molecule is C[Si](C)(C)C#C[C@H]1C[C@H]1C(=O)O. The van der Waals surface area contributed by atoms with Crippen LogP contribution in [0, 0.1) is 23.3 Å². The van der Waals surface area contributed by atoms with Crippen LogP contribution >= 0.6 is 0 Å². The van der Waals surface area contributed by atoms with Crippen molar-refractivity contribution in [3.63, 3.8) is 0 Å². The van der Waals surface area contributed by atoms with Crippen LogP contribution in [-0.4, -0.2) is 19.1 Å². The van der Waals surface area contributed by atoms with E-state index < -0.39 is 14.0 Å². The second-order valence-corrected chi connectivity index (χ2v) is 9.06. The summed E-state index contributed by atoms with van der Waals surface area (Å²) in [6.45, 7) is 6.49. The van der Waals surface area contributed by atoms with Gasteiger partial charge in [-0.2, -0.15) is 0 Å². The Kier molecular flexibility index (Phi) is 2.29. The van der Waals surface area contributed by atoms with Gasteiger partial charge in [0.2, 0.25) is 0 Å². The zero-order valence-electron chi connectivity index (χ0n) is 7.72. The Bertz CT molecular complexity index is 254. The van der Waals surface area contributed by atoms with Gasteiger partial charge in [-0.3, -0.25) is 4.79 Å². The molecule has 0 amide bonds. The summed E-state index contributed by atoms with van der Waals surface area (Å²) in [5.74, 6) is 2.34. The van der Waals surface area contributed by atoms with Crippen LogP contribution in [0.25, 0.3) is 0 Å². The van der Waals surface area contributed by atoms with Crippen LogP contribution in [0.4, 0.5) is 0 Å². The molecule has 2 nitrogen and oxygen atoms in total. The van der Waals surface area contributed by atoms with E-state index in [-0.39, 0.29) is 11.8 Å². The molecule has 0 aromatic carbocycles. The fraction of sp³-hybridized carbons (Fsp3) is 0.667. The van der Waals surface area contributed by atoms with Crippen LogP contribution in [0.15, 0.2) is 0 Å². The Morgan fingerprint density at radius 2 is 2.08 bits per heavy atom. The van der Waals surface area contributed by atoms with E-state index >= 15 is 0 Å². The van der Waals surface area contributed by atoms with Crippen molar-refractivity contribution in [2.45, 2.75) is 26.1 Å². The summed E-state index contributed by atoms with van der Waals surface area (Å²) < 4.78 is 0. The largest absolute Gasteiger partial charge is 0.481 e. The predicted molar refractivity (Wildman–Crippen MR) is 50.4 cm³/mol. The summed E-state index contributed by atoms with van der Waals surface area (Å²) >= 11 is 0. The summed E-state index contributed by atoms with van der Waals surface area (Å²) in [5, 5.41) is 8.60. The molecule has 0 aliphatic heterocycles. The summed E-state index contributed by atoms with van der Waals surface area (Å²) in [4.78, 5) is 10.4. The lowest BCUT2D eigenvalue weighted by Gasteiger charge is -2.02. The Morgan fingerprint density at radius 3 is 2.42 bits per heavy atom. The summed E-state index contributed by atoms with van der Waals surface area (Å²) in [5.41, 5.74) is 3.19. The second-order valence-electron chi connectivity index (χ2n) is 4.31. The molecule has 1 saturated carbocycles. The van der Waals surface area contributed by atoms with Crippen molar-refractivity contribution in [3.05, 3.63) is 0 Å². The van der Waals surface area contributed by atoms with Gasteiger partial charge in [-0.15, -0.1) is 11.5 Å². The first kappa shape index (κ1) is 9.34. The van der Waals surface area contributed by atoms with Gasteiger partial charge in [-0.05, 0) is 6.42 Å². The lowest BCUT2D eigenvalue weighted by atomic mass is 10.3. The maximum atomic E-state index is 10.4. The normalized spacial score (nSPS) is 27.2. The topological polar surface area (TPSA) is 37.3 Å². The maximum absolute atomic E-state index is 10.4. The van der Waals surface area contributed by atoms with Crippen molar-refractivity contribution in [1.29, 1.82) is 0 Å². The molecule has 1 aliphatic carbocycles. The van der Waals surface area contributed by atoms with Gasteiger partial charge in [0, 0.05) is 5.92 Å². The first-order valence-electron chi connectivity index (χ1n) is 4.15.